The monoisotopic (exact) mass is 290 g/mol. The molecule has 1 N–H and O–H groups in total. The fourth-order valence-electron chi connectivity index (χ4n) is 2.28. The van der Waals surface area contributed by atoms with E-state index in [2.05, 4.69) is 5.32 Å². The van der Waals surface area contributed by atoms with Crippen molar-refractivity contribution >= 4 is 17.7 Å². The molecule has 1 aromatic carbocycles. The zero-order valence-corrected chi connectivity index (χ0v) is 12.8. The van der Waals surface area contributed by atoms with Crippen molar-refractivity contribution in [2.45, 2.75) is 45.3 Å². The Morgan fingerprint density at radius 2 is 1.95 bits per heavy atom. The molecule has 0 aliphatic carbocycles. The predicted molar refractivity (Wildman–Crippen MR) is 81.2 cm³/mol. The first-order valence-corrected chi connectivity index (χ1v) is 7.22. The molecule has 1 fully saturated rings. The van der Waals surface area contributed by atoms with Gasteiger partial charge in [-0.15, -0.1) is 0 Å². The van der Waals surface area contributed by atoms with Crippen molar-refractivity contribution in [2.75, 3.05) is 11.4 Å². The van der Waals surface area contributed by atoms with E-state index in [-0.39, 0.29) is 11.4 Å². The summed E-state index contributed by atoms with van der Waals surface area (Å²) in [5.41, 5.74) is 0.459. The molecule has 5 nitrogen and oxygen atoms in total. The van der Waals surface area contributed by atoms with Gasteiger partial charge in [0.2, 0.25) is 0 Å². The minimum Gasteiger partial charge on any atom is -0.436 e. The number of piperidine rings is 1. The normalized spacial score (nSPS) is 19.3. The molecule has 0 radical (unpaired) electrons. The number of benzene rings is 1. The Bertz CT molecular complexity index is 508. The third-order valence-electron chi connectivity index (χ3n) is 3.18. The predicted octanol–water partition coefficient (Wildman–Crippen LogP) is 2.71. The molecule has 2 rings (SSSR count). The van der Waals surface area contributed by atoms with E-state index < -0.39 is 12.2 Å². The smallest absolute Gasteiger partial charge is 0.408 e. The second-order valence-electron chi connectivity index (χ2n) is 6.24. The van der Waals surface area contributed by atoms with Gasteiger partial charge in [0.1, 0.15) is 0 Å². The number of carbonyl (C=O) groups is 2. The number of anilines is 1. The molecule has 21 heavy (non-hydrogen) atoms. The maximum atomic E-state index is 12.4. The lowest BCUT2D eigenvalue weighted by Crippen LogP contribution is -2.49. The molecular formula is C16H22N2O3. The third kappa shape index (κ3) is 4.21. The summed E-state index contributed by atoms with van der Waals surface area (Å²) in [7, 11) is 0. The highest BCUT2D eigenvalue weighted by Gasteiger charge is 2.33. The zero-order chi connectivity index (χ0) is 15.5. The number of nitrogens with zero attached hydrogens (tertiary/aromatic N) is 1. The van der Waals surface area contributed by atoms with Crippen LogP contribution < -0.4 is 10.2 Å². The van der Waals surface area contributed by atoms with Crippen LogP contribution >= 0.6 is 0 Å². The lowest BCUT2D eigenvalue weighted by atomic mass is 10.1. The number of alkyl carbamates (subject to hydrolysis) is 1. The van der Waals surface area contributed by atoms with Crippen LogP contribution in [0.25, 0.3) is 0 Å². The Hall–Kier alpha value is -2.04. The molecule has 1 unspecified atom stereocenters. The van der Waals surface area contributed by atoms with Gasteiger partial charge in [0.15, 0.2) is 6.10 Å². The summed E-state index contributed by atoms with van der Waals surface area (Å²) in [5.74, 6) is -0.156. The Balaban J connectivity index is 2.02. The minimum absolute atomic E-state index is 0.156. The first-order chi connectivity index (χ1) is 9.87. The van der Waals surface area contributed by atoms with Gasteiger partial charge in [0.05, 0.1) is 0 Å². The van der Waals surface area contributed by atoms with Crippen molar-refractivity contribution in [1.82, 2.24) is 5.32 Å². The molecule has 0 spiro atoms. The average Bonchev–Trinajstić information content (AvgIpc) is 2.40. The molecule has 0 saturated carbocycles. The van der Waals surface area contributed by atoms with Crippen molar-refractivity contribution in [1.29, 1.82) is 0 Å². The summed E-state index contributed by atoms with van der Waals surface area (Å²) in [6.07, 6.45) is 0.130. The SMILES string of the molecule is CC(C)(C)NC(=O)OC1CCCN(c2ccccc2)C1=O. The molecule has 1 aromatic rings. The molecule has 1 heterocycles. The number of carbonyl (C=O) groups excluding carboxylic acids is 2. The van der Waals surface area contributed by atoms with E-state index >= 15 is 0 Å². The van der Waals surface area contributed by atoms with Gasteiger partial charge >= 0.3 is 6.09 Å². The van der Waals surface area contributed by atoms with Gasteiger partial charge in [-0.3, -0.25) is 4.79 Å². The highest BCUT2D eigenvalue weighted by Crippen LogP contribution is 2.22. The van der Waals surface area contributed by atoms with E-state index in [1.807, 2.05) is 51.1 Å². The Kier molecular flexibility index (Phi) is 4.50. The Labute approximate surface area is 125 Å². The van der Waals surface area contributed by atoms with Gasteiger partial charge in [-0.1, -0.05) is 18.2 Å². The molecule has 1 aliphatic heterocycles. The lowest BCUT2D eigenvalue weighted by molar-refractivity contribution is -0.128. The summed E-state index contributed by atoms with van der Waals surface area (Å²) in [5, 5.41) is 2.71. The summed E-state index contributed by atoms with van der Waals surface area (Å²) in [4.78, 5) is 25.9. The average molecular weight is 290 g/mol. The van der Waals surface area contributed by atoms with Crippen molar-refractivity contribution in [3.63, 3.8) is 0 Å². The van der Waals surface area contributed by atoms with Gasteiger partial charge in [-0.2, -0.15) is 0 Å². The minimum atomic E-state index is -0.707. The van der Waals surface area contributed by atoms with Gasteiger partial charge in [-0.25, -0.2) is 4.79 Å². The molecular weight excluding hydrogens is 268 g/mol. The van der Waals surface area contributed by atoms with Gasteiger partial charge in [0, 0.05) is 17.8 Å². The molecule has 2 amide bonds. The number of para-hydroxylation sites is 1. The first kappa shape index (κ1) is 15.4. The fourth-order valence-corrected chi connectivity index (χ4v) is 2.28. The Morgan fingerprint density at radius 3 is 2.57 bits per heavy atom. The van der Waals surface area contributed by atoms with Crippen molar-refractivity contribution in [3.8, 4) is 0 Å². The van der Waals surface area contributed by atoms with E-state index in [1.165, 1.54) is 0 Å². The number of rotatable bonds is 2. The molecule has 5 heteroatoms. The fraction of sp³-hybridized carbons (Fsp3) is 0.500. The van der Waals surface area contributed by atoms with Crippen LogP contribution in [0.15, 0.2) is 30.3 Å². The topological polar surface area (TPSA) is 58.6 Å². The summed E-state index contributed by atoms with van der Waals surface area (Å²) < 4.78 is 5.29. The maximum Gasteiger partial charge on any atom is 0.408 e. The molecule has 1 saturated heterocycles. The van der Waals surface area contributed by atoms with Crippen LogP contribution in [0.5, 0.6) is 0 Å². The van der Waals surface area contributed by atoms with Gasteiger partial charge < -0.3 is 15.0 Å². The van der Waals surface area contributed by atoms with Crippen LogP contribution in [0.1, 0.15) is 33.6 Å². The van der Waals surface area contributed by atoms with E-state index in [1.54, 1.807) is 4.90 Å². The van der Waals surface area contributed by atoms with E-state index in [0.717, 1.165) is 12.1 Å². The number of amides is 2. The molecule has 0 bridgehead atoms. The first-order valence-electron chi connectivity index (χ1n) is 7.22. The van der Waals surface area contributed by atoms with Crippen LogP contribution in [-0.4, -0.2) is 30.2 Å². The number of hydrogen-bond acceptors (Lipinski definition) is 3. The maximum absolute atomic E-state index is 12.4. The summed E-state index contributed by atoms with van der Waals surface area (Å²) in [6, 6.07) is 9.45. The van der Waals surface area contributed by atoms with Crippen LogP contribution in [0, 0.1) is 0 Å². The standard InChI is InChI=1S/C16H22N2O3/c1-16(2,3)17-15(20)21-13-10-7-11-18(14(13)19)12-8-5-4-6-9-12/h4-6,8-9,13H,7,10-11H2,1-3H3,(H,17,20). The van der Waals surface area contributed by atoms with E-state index in [4.69, 9.17) is 4.74 Å². The quantitative estimate of drug-likeness (QED) is 0.911. The molecule has 114 valence electrons. The van der Waals surface area contributed by atoms with Crippen LogP contribution in [-0.2, 0) is 9.53 Å². The summed E-state index contributed by atoms with van der Waals surface area (Å²) in [6.45, 7) is 6.26. The number of hydrogen-bond donors (Lipinski definition) is 1. The van der Waals surface area contributed by atoms with Crippen molar-refractivity contribution in [2.24, 2.45) is 0 Å². The van der Waals surface area contributed by atoms with Crippen LogP contribution in [0.4, 0.5) is 10.5 Å². The zero-order valence-electron chi connectivity index (χ0n) is 12.8. The van der Waals surface area contributed by atoms with Gasteiger partial charge in [0.25, 0.3) is 5.91 Å². The second kappa shape index (κ2) is 6.16. The number of ether oxygens (including phenoxy) is 1. The van der Waals surface area contributed by atoms with Gasteiger partial charge in [-0.05, 0) is 45.7 Å². The van der Waals surface area contributed by atoms with E-state index in [0.29, 0.717) is 13.0 Å². The third-order valence-corrected chi connectivity index (χ3v) is 3.18. The van der Waals surface area contributed by atoms with Crippen LogP contribution in [0.2, 0.25) is 0 Å². The number of nitrogens with one attached hydrogen (secondary N) is 1. The molecule has 1 aliphatic rings. The van der Waals surface area contributed by atoms with Crippen molar-refractivity contribution in [3.05, 3.63) is 30.3 Å². The van der Waals surface area contributed by atoms with Crippen molar-refractivity contribution < 1.29 is 14.3 Å². The van der Waals surface area contributed by atoms with E-state index in [9.17, 15) is 9.59 Å². The Morgan fingerprint density at radius 1 is 1.29 bits per heavy atom. The largest absolute Gasteiger partial charge is 0.436 e. The second-order valence-corrected chi connectivity index (χ2v) is 6.24. The highest BCUT2D eigenvalue weighted by molar-refractivity contribution is 5.98. The summed E-state index contributed by atoms with van der Waals surface area (Å²) >= 11 is 0. The van der Waals surface area contributed by atoms with Crippen LogP contribution in [0.3, 0.4) is 0 Å². The molecule has 0 aromatic heterocycles. The lowest BCUT2D eigenvalue weighted by Gasteiger charge is -2.32. The molecule has 1 atom stereocenters. The highest BCUT2D eigenvalue weighted by atomic mass is 16.6.